The zero-order valence-corrected chi connectivity index (χ0v) is 11.6. The topological polar surface area (TPSA) is 49.9 Å². The number of likely N-dealkylation sites (N-methyl/N-ethyl adjacent to an activating group) is 1. The fourth-order valence-electron chi connectivity index (χ4n) is 2.14. The van der Waals surface area contributed by atoms with Gasteiger partial charge < -0.3 is 14.5 Å². The summed E-state index contributed by atoms with van der Waals surface area (Å²) in [5.41, 5.74) is 0. The summed E-state index contributed by atoms with van der Waals surface area (Å²) in [5, 5.41) is 0. The van der Waals surface area contributed by atoms with E-state index in [0.717, 1.165) is 25.9 Å². The molecule has 1 rings (SSSR count). The van der Waals surface area contributed by atoms with E-state index in [2.05, 4.69) is 13.8 Å². The van der Waals surface area contributed by atoms with Crippen molar-refractivity contribution in [1.82, 2.24) is 9.80 Å². The van der Waals surface area contributed by atoms with Crippen LogP contribution in [0.5, 0.6) is 0 Å². The Balaban J connectivity index is 2.33. The highest BCUT2D eigenvalue weighted by atomic mass is 16.6. The first-order valence-electron chi connectivity index (χ1n) is 6.78. The van der Waals surface area contributed by atoms with Crippen LogP contribution in [0.25, 0.3) is 0 Å². The van der Waals surface area contributed by atoms with Crippen molar-refractivity contribution in [3.8, 4) is 0 Å². The summed E-state index contributed by atoms with van der Waals surface area (Å²) in [7, 11) is 1.71. The fraction of sp³-hybridized carbons (Fsp3) is 0.846. The van der Waals surface area contributed by atoms with Crippen LogP contribution in [0.1, 0.15) is 39.5 Å². The van der Waals surface area contributed by atoms with Gasteiger partial charge in [0.25, 0.3) is 0 Å². The van der Waals surface area contributed by atoms with E-state index in [4.69, 9.17) is 4.74 Å². The maximum atomic E-state index is 12.0. The molecule has 1 aliphatic rings. The van der Waals surface area contributed by atoms with Crippen LogP contribution in [0.15, 0.2) is 0 Å². The first-order valence-corrected chi connectivity index (χ1v) is 6.78. The van der Waals surface area contributed by atoms with Crippen LogP contribution in [-0.4, -0.2) is 54.6 Å². The number of hydrogen-bond acceptors (Lipinski definition) is 3. The molecule has 1 unspecified atom stereocenters. The molecule has 0 aromatic carbocycles. The van der Waals surface area contributed by atoms with Crippen LogP contribution in [0.4, 0.5) is 4.79 Å². The summed E-state index contributed by atoms with van der Waals surface area (Å²) in [6.07, 6.45) is 2.63. The summed E-state index contributed by atoms with van der Waals surface area (Å²) in [6.45, 7) is 6.37. The largest absolute Gasteiger partial charge is 0.444 e. The van der Waals surface area contributed by atoms with Crippen molar-refractivity contribution in [2.45, 2.75) is 45.6 Å². The SMILES string of the molecule is CCCN(CCC)C(=O)CCC1CN(C)C(=O)O1. The summed E-state index contributed by atoms with van der Waals surface area (Å²) in [5.74, 6) is 0.171. The standard InChI is InChI=1S/C13H24N2O3/c1-4-8-15(9-5-2)12(16)7-6-11-10-14(3)13(17)18-11/h11H,4-10H2,1-3H3. The molecule has 1 fully saturated rings. The number of amides is 2. The number of ether oxygens (including phenoxy) is 1. The molecule has 1 atom stereocenters. The molecule has 104 valence electrons. The molecule has 0 aliphatic carbocycles. The van der Waals surface area contributed by atoms with Gasteiger partial charge in [0.15, 0.2) is 0 Å². The van der Waals surface area contributed by atoms with E-state index >= 15 is 0 Å². The molecule has 0 aromatic heterocycles. The molecule has 0 spiro atoms. The highest BCUT2D eigenvalue weighted by Gasteiger charge is 2.28. The molecule has 1 heterocycles. The third kappa shape index (κ3) is 4.20. The second-order valence-corrected chi connectivity index (χ2v) is 4.81. The average Bonchev–Trinajstić information content (AvgIpc) is 2.65. The van der Waals surface area contributed by atoms with Gasteiger partial charge in [-0.3, -0.25) is 4.79 Å². The van der Waals surface area contributed by atoms with Crippen LogP contribution >= 0.6 is 0 Å². The van der Waals surface area contributed by atoms with Crippen molar-refractivity contribution in [1.29, 1.82) is 0 Å². The minimum Gasteiger partial charge on any atom is -0.444 e. The maximum absolute atomic E-state index is 12.0. The first-order chi connectivity index (χ1) is 8.58. The summed E-state index contributed by atoms with van der Waals surface area (Å²) in [6, 6.07) is 0. The lowest BCUT2D eigenvalue weighted by Gasteiger charge is -2.21. The van der Waals surface area contributed by atoms with Crippen molar-refractivity contribution in [2.24, 2.45) is 0 Å². The molecule has 1 saturated heterocycles. The van der Waals surface area contributed by atoms with Crippen molar-refractivity contribution >= 4 is 12.0 Å². The third-order valence-corrected chi connectivity index (χ3v) is 3.08. The summed E-state index contributed by atoms with van der Waals surface area (Å²) >= 11 is 0. The predicted molar refractivity (Wildman–Crippen MR) is 69.3 cm³/mol. The van der Waals surface area contributed by atoms with Gasteiger partial charge in [-0.2, -0.15) is 0 Å². The first kappa shape index (κ1) is 14.8. The molecule has 18 heavy (non-hydrogen) atoms. The zero-order chi connectivity index (χ0) is 13.5. The minimum atomic E-state index is -0.286. The van der Waals surface area contributed by atoms with Crippen molar-refractivity contribution in [2.75, 3.05) is 26.7 Å². The van der Waals surface area contributed by atoms with Crippen molar-refractivity contribution < 1.29 is 14.3 Å². The van der Waals surface area contributed by atoms with Crippen molar-refractivity contribution in [3.05, 3.63) is 0 Å². The quantitative estimate of drug-likeness (QED) is 0.698. The Kier molecular flexibility index (Phi) is 5.95. The number of carbonyl (C=O) groups excluding carboxylic acids is 2. The Hall–Kier alpha value is -1.26. The van der Waals surface area contributed by atoms with Gasteiger partial charge in [-0.15, -0.1) is 0 Å². The molecule has 5 heteroatoms. The normalized spacial score (nSPS) is 18.9. The molecule has 0 radical (unpaired) electrons. The molecule has 1 aliphatic heterocycles. The molecule has 2 amide bonds. The van der Waals surface area contributed by atoms with Gasteiger partial charge in [-0.25, -0.2) is 4.79 Å². The van der Waals surface area contributed by atoms with Crippen LogP contribution in [-0.2, 0) is 9.53 Å². The Bertz CT molecular complexity index is 288. The Morgan fingerprint density at radius 3 is 2.44 bits per heavy atom. The lowest BCUT2D eigenvalue weighted by Crippen LogP contribution is -2.33. The molecule has 0 bridgehead atoms. The van der Waals surface area contributed by atoms with Crippen LogP contribution in [0, 0.1) is 0 Å². The average molecular weight is 256 g/mol. The number of cyclic esters (lactones) is 1. The lowest BCUT2D eigenvalue weighted by atomic mass is 10.1. The number of carbonyl (C=O) groups is 2. The number of rotatable bonds is 7. The summed E-state index contributed by atoms with van der Waals surface area (Å²) in [4.78, 5) is 26.6. The minimum absolute atomic E-state index is 0.128. The van der Waals surface area contributed by atoms with Crippen LogP contribution < -0.4 is 0 Å². The molecule has 0 aromatic rings. The van der Waals surface area contributed by atoms with E-state index < -0.39 is 0 Å². The van der Waals surface area contributed by atoms with E-state index in [0.29, 0.717) is 19.4 Å². The smallest absolute Gasteiger partial charge is 0.409 e. The third-order valence-electron chi connectivity index (χ3n) is 3.08. The molecule has 0 N–H and O–H groups in total. The number of nitrogens with zero attached hydrogens (tertiary/aromatic N) is 2. The van der Waals surface area contributed by atoms with E-state index in [9.17, 15) is 9.59 Å². The number of hydrogen-bond donors (Lipinski definition) is 0. The molecular weight excluding hydrogens is 232 g/mol. The van der Waals surface area contributed by atoms with Gasteiger partial charge in [0.05, 0.1) is 6.54 Å². The molecule has 0 saturated carbocycles. The van der Waals surface area contributed by atoms with Gasteiger partial charge in [-0.05, 0) is 19.3 Å². The van der Waals surface area contributed by atoms with E-state index in [1.165, 1.54) is 0 Å². The van der Waals surface area contributed by atoms with E-state index in [1.807, 2.05) is 4.90 Å². The highest BCUT2D eigenvalue weighted by Crippen LogP contribution is 2.14. The van der Waals surface area contributed by atoms with E-state index in [-0.39, 0.29) is 18.1 Å². The Labute approximate surface area is 109 Å². The summed E-state index contributed by atoms with van der Waals surface area (Å²) < 4.78 is 5.14. The second kappa shape index (κ2) is 7.24. The molecular formula is C13H24N2O3. The van der Waals surface area contributed by atoms with Gasteiger partial charge >= 0.3 is 6.09 Å². The van der Waals surface area contributed by atoms with Gasteiger partial charge in [0.1, 0.15) is 6.10 Å². The monoisotopic (exact) mass is 256 g/mol. The van der Waals surface area contributed by atoms with Gasteiger partial charge in [0.2, 0.25) is 5.91 Å². The lowest BCUT2D eigenvalue weighted by molar-refractivity contribution is -0.131. The zero-order valence-electron chi connectivity index (χ0n) is 11.6. The van der Waals surface area contributed by atoms with Gasteiger partial charge in [0, 0.05) is 26.6 Å². The Morgan fingerprint density at radius 1 is 1.39 bits per heavy atom. The Morgan fingerprint density at radius 2 is 2.00 bits per heavy atom. The maximum Gasteiger partial charge on any atom is 0.409 e. The van der Waals surface area contributed by atoms with Crippen LogP contribution in [0.2, 0.25) is 0 Å². The van der Waals surface area contributed by atoms with E-state index in [1.54, 1.807) is 11.9 Å². The fourth-order valence-corrected chi connectivity index (χ4v) is 2.14. The van der Waals surface area contributed by atoms with Gasteiger partial charge in [-0.1, -0.05) is 13.8 Å². The highest BCUT2D eigenvalue weighted by molar-refractivity contribution is 5.76. The second-order valence-electron chi connectivity index (χ2n) is 4.81. The predicted octanol–water partition coefficient (Wildman–Crippen LogP) is 1.87. The molecule has 5 nitrogen and oxygen atoms in total. The van der Waals surface area contributed by atoms with Crippen LogP contribution in [0.3, 0.4) is 0 Å². The van der Waals surface area contributed by atoms with Crippen molar-refractivity contribution in [3.63, 3.8) is 0 Å².